The van der Waals surface area contributed by atoms with Gasteiger partial charge in [0.15, 0.2) is 0 Å². The molecule has 3 heterocycles. The molecule has 4 heteroatoms. The Hall–Kier alpha value is -1.94. The second-order valence-electron chi connectivity index (χ2n) is 5.24. The van der Waals surface area contributed by atoms with Crippen molar-refractivity contribution in [3.8, 4) is 11.3 Å². The summed E-state index contributed by atoms with van der Waals surface area (Å²) in [6.07, 6.45) is 5.12. The Bertz CT molecular complexity index is 579. The molecule has 20 heavy (non-hydrogen) atoms. The molecular weight excluding hydrogens is 250 g/mol. The van der Waals surface area contributed by atoms with Gasteiger partial charge in [-0.25, -0.2) is 4.98 Å². The Labute approximate surface area is 119 Å². The highest BCUT2D eigenvalue weighted by molar-refractivity contribution is 5.60. The Morgan fingerprint density at radius 3 is 2.85 bits per heavy atom. The van der Waals surface area contributed by atoms with E-state index in [0.29, 0.717) is 11.7 Å². The number of hydrogen-bond acceptors (Lipinski definition) is 4. The molecule has 2 aromatic rings. The lowest BCUT2D eigenvalue weighted by Gasteiger charge is -2.21. The highest BCUT2D eigenvalue weighted by atomic mass is 16.5. The minimum atomic E-state index is 0.547. The first-order valence-electron chi connectivity index (χ1n) is 7.07. The summed E-state index contributed by atoms with van der Waals surface area (Å²) in [5, 5.41) is 0. The van der Waals surface area contributed by atoms with E-state index in [1.165, 1.54) is 0 Å². The smallest absolute Gasteiger partial charge is 0.124 e. The summed E-state index contributed by atoms with van der Waals surface area (Å²) in [6.45, 7) is 1.75. The zero-order chi connectivity index (χ0) is 13.8. The van der Waals surface area contributed by atoms with Gasteiger partial charge >= 0.3 is 0 Å². The van der Waals surface area contributed by atoms with E-state index in [9.17, 15) is 0 Å². The summed E-state index contributed by atoms with van der Waals surface area (Å²) < 4.78 is 5.40. The molecule has 1 aliphatic rings. The first-order chi connectivity index (χ1) is 9.81. The molecule has 1 aliphatic heterocycles. The first-order valence-corrected chi connectivity index (χ1v) is 7.07. The molecule has 0 saturated carbocycles. The molecule has 0 amide bonds. The van der Waals surface area contributed by atoms with Crippen molar-refractivity contribution >= 4 is 5.82 Å². The van der Waals surface area contributed by atoms with Gasteiger partial charge in [-0.05, 0) is 49.4 Å². The fourth-order valence-electron chi connectivity index (χ4n) is 2.61. The van der Waals surface area contributed by atoms with Crippen LogP contribution in [0.2, 0.25) is 0 Å². The molecule has 3 rings (SSSR count). The van der Waals surface area contributed by atoms with Crippen molar-refractivity contribution in [3.63, 3.8) is 0 Å². The maximum Gasteiger partial charge on any atom is 0.124 e. The molecule has 0 atom stereocenters. The maximum atomic E-state index is 5.74. The van der Waals surface area contributed by atoms with Gasteiger partial charge in [0.05, 0.1) is 5.69 Å². The van der Waals surface area contributed by atoms with E-state index in [0.717, 1.165) is 49.4 Å². The van der Waals surface area contributed by atoms with Crippen LogP contribution in [-0.2, 0) is 11.2 Å². The van der Waals surface area contributed by atoms with Gasteiger partial charge in [0.25, 0.3) is 0 Å². The molecule has 2 N–H and O–H groups in total. The average molecular weight is 269 g/mol. The van der Waals surface area contributed by atoms with Gasteiger partial charge < -0.3 is 10.5 Å². The van der Waals surface area contributed by atoms with Gasteiger partial charge in [-0.15, -0.1) is 0 Å². The lowest BCUT2D eigenvalue weighted by Crippen LogP contribution is -2.18. The molecule has 2 aromatic heterocycles. The van der Waals surface area contributed by atoms with Crippen LogP contribution in [0.1, 0.15) is 18.5 Å². The van der Waals surface area contributed by atoms with Crippen LogP contribution in [0.5, 0.6) is 0 Å². The zero-order valence-electron chi connectivity index (χ0n) is 11.5. The number of anilines is 1. The average Bonchev–Trinajstić information content (AvgIpc) is 2.49. The van der Waals surface area contributed by atoms with Gasteiger partial charge in [0, 0.05) is 30.7 Å². The number of rotatable bonds is 3. The summed E-state index contributed by atoms with van der Waals surface area (Å²) in [4.78, 5) is 8.84. The van der Waals surface area contributed by atoms with E-state index in [-0.39, 0.29) is 0 Å². The Morgan fingerprint density at radius 2 is 2.05 bits per heavy atom. The van der Waals surface area contributed by atoms with Gasteiger partial charge in [-0.1, -0.05) is 6.07 Å². The maximum absolute atomic E-state index is 5.74. The molecule has 0 aliphatic carbocycles. The molecule has 1 fully saturated rings. The summed E-state index contributed by atoms with van der Waals surface area (Å²) in [7, 11) is 0. The summed E-state index contributed by atoms with van der Waals surface area (Å²) in [5.74, 6) is 1.23. The fourth-order valence-corrected chi connectivity index (χ4v) is 2.61. The van der Waals surface area contributed by atoms with Gasteiger partial charge in [0.1, 0.15) is 5.82 Å². The Kier molecular flexibility index (Phi) is 3.92. The Balaban J connectivity index is 1.78. The van der Waals surface area contributed by atoms with Crippen LogP contribution in [0, 0.1) is 5.92 Å². The topological polar surface area (TPSA) is 61.0 Å². The second kappa shape index (κ2) is 6.01. The first kappa shape index (κ1) is 13.1. The summed E-state index contributed by atoms with van der Waals surface area (Å²) in [5.41, 5.74) is 8.85. The zero-order valence-corrected chi connectivity index (χ0v) is 11.5. The van der Waals surface area contributed by atoms with Crippen molar-refractivity contribution in [2.75, 3.05) is 18.9 Å². The lowest BCUT2D eigenvalue weighted by molar-refractivity contribution is 0.0663. The van der Waals surface area contributed by atoms with Crippen LogP contribution in [0.25, 0.3) is 11.3 Å². The predicted molar refractivity (Wildman–Crippen MR) is 79.1 cm³/mol. The van der Waals surface area contributed by atoms with E-state index >= 15 is 0 Å². The van der Waals surface area contributed by atoms with Gasteiger partial charge in [0.2, 0.25) is 0 Å². The van der Waals surface area contributed by atoms with Crippen molar-refractivity contribution in [2.45, 2.75) is 19.3 Å². The lowest BCUT2D eigenvalue weighted by atomic mass is 9.94. The van der Waals surface area contributed by atoms with E-state index in [1.807, 2.05) is 24.4 Å². The molecular formula is C16H19N3O. The molecule has 4 nitrogen and oxygen atoms in total. The molecule has 104 valence electrons. The molecule has 0 radical (unpaired) electrons. The third-order valence-corrected chi connectivity index (χ3v) is 3.72. The number of nitrogens with two attached hydrogens (primary N) is 1. The molecule has 0 aromatic carbocycles. The van der Waals surface area contributed by atoms with Crippen molar-refractivity contribution in [2.24, 2.45) is 5.92 Å². The van der Waals surface area contributed by atoms with Crippen LogP contribution < -0.4 is 5.73 Å². The van der Waals surface area contributed by atoms with E-state index in [4.69, 9.17) is 10.5 Å². The molecule has 1 saturated heterocycles. The van der Waals surface area contributed by atoms with Crippen LogP contribution in [0.15, 0.2) is 36.5 Å². The molecule has 0 bridgehead atoms. The number of hydrogen-bond donors (Lipinski definition) is 1. The number of nitrogens with zero attached hydrogens (tertiary/aromatic N) is 2. The summed E-state index contributed by atoms with van der Waals surface area (Å²) in [6, 6.07) is 9.81. The third-order valence-electron chi connectivity index (χ3n) is 3.72. The van der Waals surface area contributed by atoms with Crippen LogP contribution in [-0.4, -0.2) is 23.2 Å². The number of ether oxygens (including phenoxy) is 1. The monoisotopic (exact) mass is 269 g/mol. The predicted octanol–water partition coefficient (Wildman–Crippen LogP) is 2.69. The number of aromatic nitrogens is 2. The van der Waals surface area contributed by atoms with E-state index in [1.54, 1.807) is 6.07 Å². The second-order valence-corrected chi connectivity index (χ2v) is 5.24. The quantitative estimate of drug-likeness (QED) is 0.930. The SMILES string of the molecule is Nc1cccc(-c2ccnc(CC3CCOCC3)c2)n1. The fraction of sp³-hybridized carbons (Fsp3) is 0.375. The normalized spacial score (nSPS) is 16.2. The van der Waals surface area contributed by atoms with Crippen LogP contribution in [0.3, 0.4) is 0 Å². The third kappa shape index (κ3) is 3.14. The minimum absolute atomic E-state index is 0.547. The Morgan fingerprint density at radius 1 is 1.20 bits per heavy atom. The summed E-state index contributed by atoms with van der Waals surface area (Å²) >= 11 is 0. The van der Waals surface area contributed by atoms with Crippen molar-refractivity contribution in [1.29, 1.82) is 0 Å². The molecule has 0 unspecified atom stereocenters. The van der Waals surface area contributed by atoms with Gasteiger partial charge in [-0.2, -0.15) is 0 Å². The molecule has 0 spiro atoms. The van der Waals surface area contributed by atoms with Crippen molar-refractivity contribution < 1.29 is 4.74 Å². The van der Waals surface area contributed by atoms with E-state index < -0.39 is 0 Å². The number of pyridine rings is 2. The highest BCUT2D eigenvalue weighted by Crippen LogP contribution is 2.22. The number of nitrogen functional groups attached to an aromatic ring is 1. The minimum Gasteiger partial charge on any atom is -0.384 e. The largest absolute Gasteiger partial charge is 0.384 e. The highest BCUT2D eigenvalue weighted by Gasteiger charge is 2.15. The van der Waals surface area contributed by atoms with E-state index in [2.05, 4.69) is 16.0 Å². The van der Waals surface area contributed by atoms with Crippen molar-refractivity contribution in [1.82, 2.24) is 9.97 Å². The standard InChI is InChI=1S/C16H19N3O/c17-16-3-1-2-15(19-16)13-4-7-18-14(11-13)10-12-5-8-20-9-6-12/h1-4,7,11-12H,5-6,8-10H2,(H2,17,19). The van der Waals surface area contributed by atoms with Crippen molar-refractivity contribution in [3.05, 3.63) is 42.2 Å². The van der Waals surface area contributed by atoms with Gasteiger partial charge in [-0.3, -0.25) is 4.98 Å². The van der Waals surface area contributed by atoms with Crippen LogP contribution >= 0.6 is 0 Å². The van der Waals surface area contributed by atoms with Crippen LogP contribution in [0.4, 0.5) is 5.82 Å².